The standard InChI is InChI=1S/C10H10ClNOS/c1-8-6-9(11)2-3-10(8)13-5-4-12-7-14/h2-3,6H,4-5H2,1H3. The van der Waals surface area contributed by atoms with Crippen LogP contribution in [0.3, 0.4) is 0 Å². The number of hydrogen-bond acceptors (Lipinski definition) is 3. The zero-order valence-electron chi connectivity index (χ0n) is 7.79. The largest absolute Gasteiger partial charge is 0.491 e. The van der Waals surface area contributed by atoms with Crippen molar-refractivity contribution in [3.63, 3.8) is 0 Å². The van der Waals surface area contributed by atoms with Crippen molar-refractivity contribution in [3.05, 3.63) is 28.8 Å². The molecular formula is C10H10ClNOS. The first-order chi connectivity index (χ1) is 6.74. The van der Waals surface area contributed by atoms with E-state index in [1.165, 1.54) is 0 Å². The maximum atomic E-state index is 5.80. The molecule has 1 aromatic rings. The Labute approximate surface area is 93.6 Å². The number of nitrogens with zero attached hydrogens (tertiary/aromatic N) is 1. The molecule has 0 spiro atoms. The average Bonchev–Trinajstić information content (AvgIpc) is 2.15. The Morgan fingerprint density at radius 3 is 3.00 bits per heavy atom. The third-order valence-corrected chi connectivity index (χ3v) is 2.03. The molecule has 1 aromatic carbocycles. The summed E-state index contributed by atoms with van der Waals surface area (Å²) < 4.78 is 5.46. The number of rotatable bonds is 4. The fraction of sp³-hybridized carbons (Fsp3) is 0.300. The number of benzene rings is 1. The van der Waals surface area contributed by atoms with Crippen LogP contribution in [0.1, 0.15) is 5.56 Å². The highest BCUT2D eigenvalue weighted by molar-refractivity contribution is 7.78. The summed E-state index contributed by atoms with van der Waals surface area (Å²) in [7, 11) is 0. The topological polar surface area (TPSA) is 21.6 Å². The van der Waals surface area contributed by atoms with E-state index < -0.39 is 0 Å². The Kier molecular flexibility index (Phi) is 4.60. The fourth-order valence-corrected chi connectivity index (χ4v) is 1.34. The Balaban J connectivity index is 2.54. The van der Waals surface area contributed by atoms with Crippen LogP contribution in [0.4, 0.5) is 0 Å². The van der Waals surface area contributed by atoms with Crippen LogP contribution >= 0.6 is 23.8 Å². The molecule has 0 aliphatic carbocycles. The maximum Gasteiger partial charge on any atom is 0.122 e. The summed E-state index contributed by atoms with van der Waals surface area (Å²) >= 11 is 10.2. The summed E-state index contributed by atoms with van der Waals surface area (Å²) in [6.45, 7) is 2.99. The van der Waals surface area contributed by atoms with Crippen molar-refractivity contribution >= 4 is 29.0 Å². The SMILES string of the molecule is Cc1cc(Cl)ccc1OCCN=C=S. The lowest BCUT2D eigenvalue weighted by atomic mass is 10.2. The van der Waals surface area contributed by atoms with Crippen LogP contribution in [0.5, 0.6) is 5.75 Å². The van der Waals surface area contributed by atoms with Gasteiger partial charge in [-0.3, -0.25) is 0 Å². The molecule has 14 heavy (non-hydrogen) atoms. The van der Waals surface area contributed by atoms with Crippen LogP contribution in [0.25, 0.3) is 0 Å². The third-order valence-electron chi connectivity index (χ3n) is 1.66. The Morgan fingerprint density at radius 1 is 1.57 bits per heavy atom. The molecule has 2 nitrogen and oxygen atoms in total. The normalized spacial score (nSPS) is 9.29. The van der Waals surface area contributed by atoms with E-state index in [9.17, 15) is 0 Å². The molecule has 0 amide bonds. The predicted molar refractivity (Wildman–Crippen MR) is 61.6 cm³/mol. The van der Waals surface area contributed by atoms with Crippen molar-refractivity contribution in [1.82, 2.24) is 0 Å². The highest BCUT2D eigenvalue weighted by Gasteiger charge is 1.98. The molecule has 0 heterocycles. The molecule has 0 unspecified atom stereocenters. The Hall–Kier alpha value is -0.890. The third kappa shape index (κ3) is 3.46. The molecule has 0 saturated heterocycles. The number of ether oxygens (including phenoxy) is 1. The molecule has 1 rings (SSSR count). The lowest BCUT2D eigenvalue weighted by Gasteiger charge is -2.07. The van der Waals surface area contributed by atoms with Gasteiger partial charge in [0.25, 0.3) is 0 Å². The molecule has 0 atom stereocenters. The molecule has 0 radical (unpaired) electrons. The van der Waals surface area contributed by atoms with Crippen LogP contribution in [0.15, 0.2) is 23.2 Å². The van der Waals surface area contributed by atoms with Crippen LogP contribution in [0, 0.1) is 6.92 Å². The van der Waals surface area contributed by atoms with Gasteiger partial charge in [-0.05, 0) is 42.9 Å². The monoisotopic (exact) mass is 227 g/mol. The van der Waals surface area contributed by atoms with Gasteiger partial charge in [0.15, 0.2) is 0 Å². The number of aryl methyl sites for hydroxylation is 1. The molecule has 74 valence electrons. The first-order valence-electron chi connectivity index (χ1n) is 4.16. The van der Waals surface area contributed by atoms with Crippen LogP contribution in [-0.2, 0) is 0 Å². The summed E-state index contributed by atoms with van der Waals surface area (Å²) in [6, 6.07) is 5.50. The summed E-state index contributed by atoms with van der Waals surface area (Å²) in [5.74, 6) is 0.828. The minimum absolute atomic E-state index is 0.506. The van der Waals surface area contributed by atoms with Crippen molar-refractivity contribution in [2.45, 2.75) is 6.92 Å². The van der Waals surface area contributed by atoms with Gasteiger partial charge in [-0.15, -0.1) is 0 Å². The number of halogens is 1. The smallest absolute Gasteiger partial charge is 0.122 e. The van der Waals surface area contributed by atoms with Gasteiger partial charge in [0, 0.05) is 5.02 Å². The van der Waals surface area contributed by atoms with E-state index in [1.54, 1.807) is 6.07 Å². The van der Waals surface area contributed by atoms with Gasteiger partial charge in [0.2, 0.25) is 0 Å². The number of hydrogen-bond donors (Lipinski definition) is 0. The van der Waals surface area contributed by atoms with Crippen molar-refractivity contribution in [1.29, 1.82) is 0 Å². The second-order valence-electron chi connectivity index (χ2n) is 2.73. The van der Waals surface area contributed by atoms with Crippen molar-refractivity contribution in [2.75, 3.05) is 13.2 Å². The molecule has 0 fully saturated rings. The Morgan fingerprint density at radius 2 is 2.36 bits per heavy atom. The molecule has 0 N–H and O–H groups in total. The molecule has 0 bridgehead atoms. The van der Waals surface area contributed by atoms with Gasteiger partial charge >= 0.3 is 0 Å². The van der Waals surface area contributed by atoms with E-state index in [0.717, 1.165) is 11.3 Å². The fourth-order valence-electron chi connectivity index (χ4n) is 1.02. The van der Waals surface area contributed by atoms with Gasteiger partial charge in [0.05, 0.1) is 11.7 Å². The van der Waals surface area contributed by atoms with Crippen LogP contribution in [0.2, 0.25) is 5.02 Å². The van der Waals surface area contributed by atoms with E-state index in [-0.39, 0.29) is 0 Å². The molecular weight excluding hydrogens is 218 g/mol. The highest BCUT2D eigenvalue weighted by atomic mass is 35.5. The second-order valence-corrected chi connectivity index (χ2v) is 3.35. The van der Waals surface area contributed by atoms with Gasteiger partial charge in [-0.25, -0.2) is 4.99 Å². The van der Waals surface area contributed by atoms with Crippen molar-refractivity contribution in [2.24, 2.45) is 4.99 Å². The zero-order chi connectivity index (χ0) is 10.4. The minimum atomic E-state index is 0.506. The van der Waals surface area contributed by atoms with E-state index >= 15 is 0 Å². The summed E-state index contributed by atoms with van der Waals surface area (Å²) in [4.78, 5) is 3.75. The summed E-state index contributed by atoms with van der Waals surface area (Å²) in [5.41, 5.74) is 1.02. The lowest BCUT2D eigenvalue weighted by molar-refractivity contribution is 0.327. The van der Waals surface area contributed by atoms with Gasteiger partial charge in [0.1, 0.15) is 12.4 Å². The van der Waals surface area contributed by atoms with Crippen molar-refractivity contribution in [3.8, 4) is 5.75 Å². The second kappa shape index (κ2) is 5.76. The average molecular weight is 228 g/mol. The molecule has 0 aromatic heterocycles. The summed E-state index contributed by atoms with van der Waals surface area (Å²) in [5, 5.41) is 3.00. The Bertz CT molecular complexity index is 361. The van der Waals surface area contributed by atoms with Gasteiger partial charge in [-0.1, -0.05) is 11.6 Å². The van der Waals surface area contributed by atoms with E-state index in [0.29, 0.717) is 18.2 Å². The molecule has 4 heteroatoms. The van der Waals surface area contributed by atoms with Crippen LogP contribution in [-0.4, -0.2) is 18.3 Å². The van der Waals surface area contributed by atoms with Gasteiger partial charge in [-0.2, -0.15) is 0 Å². The predicted octanol–water partition coefficient (Wildman–Crippen LogP) is 3.13. The number of isothiocyanates is 1. The minimum Gasteiger partial charge on any atom is -0.491 e. The lowest BCUT2D eigenvalue weighted by Crippen LogP contribution is -2.01. The number of thiocarbonyl (C=S) groups is 1. The first-order valence-corrected chi connectivity index (χ1v) is 4.95. The first kappa shape index (κ1) is 11.2. The molecule has 0 saturated carbocycles. The maximum absolute atomic E-state index is 5.80. The van der Waals surface area contributed by atoms with E-state index in [1.807, 2.05) is 19.1 Å². The van der Waals surface area contributed by atoms with Crippen LogP contribution < -0.4 is 4.74 Å². The van der Waals surface area contributed by atoms with Crippen molar-refractivity contribution < 1.29 is 4.74 Å². The zero-order valence-corrected chi connectivity index (χ0v) is 9.36. The quantitative estimate of drug-likeness (QED) is 0.448. The number of aliphatic imine (C=N–C) groups is 1. The summed E-state index contributed by atoms with van der Waals surface area (Å²) in [6.07, 6.45) is 0. The molecule has 0 aliphatic heterocycles. The molecule has 0 aliphatic rings. The van der Waals surface area contributed by atoms with E-state index in [4.69, 9.17) is 16.3 Å². The highest BCUT2D eigenvalue weighted by Crippen LogP contribution is 2.21. The van der Waals surface area contributed by atoms with E-state index in [2.05, 4.69) is 22.4 Å². The van der Waals surface area contributed by atoms with Gasteiger partial charge < -0.3 is 4.74 Å².